The molecule has 0 aliphatic heterocycles. The highest BCUT2D eigenvalue weighted by molar-refractivity contribution is 14.1. The summed E-state index contributed by atoms with van der Waals surface area (Å²) < 4.78 is 7.21. The summed E-state index contributed by atoms with van der Waals surface area (Å²) in [5.74, 6) is 1.55. The lowest BCUT2D eigenvalue weighted by molar-refractivity contribution is 0.415. The predicted octanol–water partition coefficient (Wildman–Crippen LogP) is 4.09. The van der Waals surface area contributed by atoms with Gasteiger partial charge < -0.3 is 9.64 Å². The average Bonchev–Trinajstić information content (AvgIpc) is 3.01. The number of aromatic nitrogens is 3. The second-order valence-electron chi connectivity index (χ2n) is 4.85. The highest BCUT2D eigenvalue weighted by Gasteiger charge is 2.04. The fraction of sp³-hybridized carbons (Fsp3) is 0.188. The molecule has 0 N–H and O–H groups in total. The summed E-state index contributed by atoms with van der Waals surface area (Å²) in [5.41, 5.74) is 1.90. The van der Waals surface area contributed by atoms with Gasteiger partial charge in [0.2, 0.25) is 5.95 Å². The normalized spacial score (nSPS) is 11.3. The number of nitrogens with zero attached hydrogens (tertiary/aromatic N) is 4. The third-order valence-electron chi connectivity index (χ3n) is 3.21. The zero-order chi connectivity index (χ0) is 16.2. The van der Waals surface area contributed by atoms with E-state index in [9.17, 15) is 0 Å². The number of anilines is 1. The van der Waals surface area contributed by atoms with Gasteiger partial charge in [-0.1, -0.05) is 22.6 Å². The van der Waals surface area contributed by atoms with Gasteiger partial charge in [-0.3, -0.25) is 0 Å². The van der Waals surface area contributed by atoms with E-state index in [0.717, 1.165) is 37.0 Å². The minimum Gasteiger partial charge on any atom is -0.497 e. The number of alkyl halides is 1. The van der Waals surface area contributed by atoms with Crippen molar-refractivity contribution in [2.75, 3.05) is 23.6 Å². The van der Waals surface area contributed by atoms with Crippen LogP contribution in [0, 0.1) is 0 Å². The van der Waals surface area contributed by atoms with Crippen molar-refractivity contribution in [2.24, 2.45) is 0 Å². The molecule has 0 amide bonds. The van der Waals surface area contributed by atoms with Crippen LogP contribution in [0.1, 0.15) is 10.6 Å². The quantitative estimate of drug-likeness (QED) is 0.341. The summed E-state index contributed by atoms with van der Waals surface area (Å²) in [4.78, 5) is 15.3. The summed E-state index contributed by atoms with van der Waals surface area (Å²) >= 11 is 3.92. The van der Waals surface area contributed by atoms with Gasteiger partial charge in [0, 0.05) is 31.1 Å². The Bertz CT molecular complexity index is 832. The number of hydrogen-bond donors (Lipinski definition) is 0. The summed E-state index contributed by atoms with van der Waals surface area (Å²) in [6.45, 7) is 0. The van der Waals surface area contributed by atoms with Gasteiger partial charge in [0.1, 0.15) is 10.8 Å². The summed E-state index contributed by atoms with van der Waals surface area (Å²) in [7, 11) is 3.63. The van der Waals surface area contributed by atoms with Crippen LogP contribution in [-0.2, 0) is 0 Å². The fourth-order valence-corrected chi connectivity index (χ4v) is 3.11. The Morgan fingerprint density at radius 3 is 2.74 bits per heavy atom. The fourth-order valence-electron chi connectivity index (χ4n) is 1.96. The molecule has 2 aromatic heterocycles. The number of fused-ring (bicyclic) bond motifs is 1. The molecule has 118 valence electrons. The van der Waals surface area contributed by atoms with E-state index in [2.05, 4.69) is 37.5 Å². The molecule has 0 bridgehead atoms. The largest absolute Gasteiger partial charge is 0.497 e. The van der Waals surface area contributed by atoms with Crippen LogP contribution in [0.3, 0.4) is 0 Å². The highest BCUT2D eigenvalue weighted by Crippen LogP contribution is 2.26. The van der Waals surface area contributed by atoms with Crippen molar-refractivity contribution in [3.63, 3.8) is 0 Å². The molecule has 0 saturated heterocycles. The van der Waals surface area contributed by atoms with Crippen LogP contribution in [-0.4, -0.2) is 33.7 Å². The maximum Gasteiger partial charge on any atom is 0.225 e. The first-order valence-electron chi connectivity index (χ1n) is 6.91. The standard InChI is InChI=1S/C16H15IN4OS/c1-21(10-17)16-18-8-11(9-19-16)3-6-15-20-13-7-12(22-2)4-5-14(13)23-15/h3-9H,10H2,1-2H3/b6-3+. The number of methoxy groups -OCH3 is 1. The first kappa shape index (κ1) is 16.1. The molecular weight excluding hydrogens is 423 g/mol. The van der Waals surface area contributed by atoms with E-state index in [4.69, 9.17) is 4.74 Å². The minimum atomic E-state index is 0.726. The van der Waals surface area contributed by atoms with Crippen molar-refractivity contribution in [3.8, 4) is 5.75 Å². The molecule has 3 aromatic rings. The van der Waals surface area contributed by atoms with Crippen LogP contribution < -0.4 is 9.64 Å². The summed E-state index contributed by atoms with van der Waals surface area (Å²) in [6, 6.07) is 5.92. The van der Waals surface area contributed by atoms with Gasteiger partial charge in [-0.25, -0.2) is 15.0 Å². The molecule has 0 spiro atoms. The van der Waals surface area contributed by atoms with E-state index in [1.165, 1.54) is 0 Å². The lowest BCUT2D eigenvalue weighted by Gasteiger charge is -2.12. The van der Waals surface area contributed by atoms with Crippen LogP contribution in [0.4, 0.5) is 5.95 Å². The second kappa shape index (κ2) is 7.22. The van der Waals surface area contributed by atoms with Crippen molar-refractivity contribution in [1.82, 2.24) is 15.0 Å². The lowest BCUT2D eigenvalue weighted by Crippen LogP contribution is -2.16. The van der Waals surface area contributed by atoms with Crippen molar-refractivity contribution >= 4 is 62.2 Å². The summed E-state index contributed by atoms with van der Waals surface area (Å²) in [6.07, 6.45) is 7.59. The minimum absolute atomic E-state index is 0.726. The third-order valence-corrected chi connectivity index (χ3v) is 5.23. The molecule has 3 rings (SSSR count). The predicted molar refractivity (Wildman–Crippen MR) is 104 cm³/mol. The molecule has 0 aliphatic rings. The van der Waals surface area contributed by atoms with E-state index in [1.54, 1.807) is 18.4 Å². The number of benzene rings is 1. The van der Waals surface area contributed by atoms with Crippen molar-refractivity contribution in [2.45, 2.75) is 0 Å². The average molecular weight is 438 g/mol. The number of ether oxygens (including phenoxy) is 1. The molecule has 0 aliphatic carbocycles. The zero-order valence-electron chi connectivity index (χ0n) is 12.7. The van der Waals surface area contributed by atoms with Gasteiger partial charge in [-0.05, 0) is 24.3 Å². The monoisotopic (exact) mass is 438 g/mol. The molecular formula is C16H15IN4OS. The first-order chi connectivity index (χ1) is 11.2. The maximum absolute atomic E-state index is 5.23. The van der Waals surface area contributed by atoms with E-state index in [0.29, 0.717) is 0 Å². The Kier molecular flexibility index (Phi) is 5.06. The molecule has 0 atom stereocenters. The molecule has 0 saturated carbocycles. The van der Waals surface area contributed by atoms with Crippen LogP contribution >= 0.6 is 33.9 Å². The molecule has 2 heterocycles. The SMILES string of the molecule is COc1ccc2sc(/C=C/c3cnc(N(C)CI)nc3)nc2c1. The first-order valence-corrected chi connectivity index (χ1v) is 9.25. The summed E-state index contributed by atoms with van der Waals surface area (Å²) in [5, 5.41) is 0.946. The molecule has 5 nitrogen and oxygen atoms in total. The molecule has 0 unspecified atom stereocenters. The van der Waals surface area contributed by atoms with Crippen LogP contribution in [0.25, 0.3) is 22.4 Å². The zero-order valence-corrected chi connectivity index (χ0v) is 15.7. The van der Waals surface area contributed by atoms with Crippen molar-refractivity contribution in [3.05, 3.63) is 41.2 Å². The number of halogens is 1. The maximum atomic E-state index is 5.23. The topological polar surface area (TPSA) is 51.1 Å². The van der Waals surface area contributed by atoms with Crippen molar-refractivity contribution in [1.29, 1.82) is 0 Å². The van der Waals surface area contributed by atoms with Crippen LogP contribution in [0.5, 0.6) is 5.75 Å². The third kappa shape index (κ3) is 3.78. The smallest absolute Gasteiger partial charge is 0.225 e. The molecule has 1 aromatic carbocycles. The van der Waals surface area contributed by atoms with Gasteiger partial charge in [0.25, 0.3) is 0 Å². The van der Waals surface area contributed by atoms with Gasteiger partial charge in [0.05, 0.1) is 21.9 Å². The van der Waals surface area contributed by atoms with E-state index in [-0.39, 0.29) is 0 Å². The Morgan fingerprint density at radius 1 is 1.26 bits per heavy atom. The second-order valence-corrected chi connectivity index (χ2v) is 6.60. The van der Waals surface area contributed by atoms with Gasteiger partial charge >= 0.3 is 0 Å². The van der Waals surface area contributed by atoms with E-state index >= 15 is 0 Å². The number of rotatable bonds is 5. The highest BCUT2D eigenvalue weighted by atomic mass is 127. The van der Waals surface area contributed by atoms with Gasteiger partial charge in [0.15, 0.2) is 0 Å². The lowest BCUT2D eigenvalue weighted by atomic mass is 10.3. The molecule has 23 heavy (non-hydrogen) atoms. The van der Waals surface area contributed by atoms with Crippen molar-refractivity contribution < 1.29 is 4.74 Å². The Hall–Kier alpha value is -1.74. The Labute approximate surface area is 152 Å². The number of thiazole rings is 1. The van der Waals surface area contributed by atoms with Gasteiger partial charge in [-0.2, -0.15) is 0 Å². The van der Waals surface area contributed by atoms with Gasteiger partial charge in [-0.15, -0.1) is 11.3 Å². The van der Waals surface area contributed by atoms with Crippen LogP contribution in [0.15, 0.2) is 30.6 Å². The van der Waals surface area contributed by atoms with E-state index < -0.39 is 0 Å². The molecule has 0 fully saturated rings. The molecule has 0 radical (unpaired) electrons. The Balaban J connectivity index is 1.79. The van der Waals surface area contributed by atoms with E-state index in [1.807, 2.05) is 54.7 Å². The molecule has 7 heteroatoms. The Morgan fingerprint density at radius 2 is 2.04 bits per heavy atom. The number of hydrogen-bond acceptors (Lipinski definition) is 6. The van der Waals surface area contributed by atoms with Crippen LogP contribution in [0.2, 0.25) is 0 Å².